The van der Waals surface area contributed by atoms with Crippen LogP contribution in [0.5, 0.6) is 11.5 Å². The molecule has 1 atom stereocenters. The van der Waals surface area contributed by atoms with E-state index in [1.807, 2.05) is 36.4 Å². The van der Waals surface area contributed by atoms with Crippen molar-refractivity contribution in [2.24, 2.45) is 5.10 Å². The first-order chi connectivity index (χ1) is 12.2. The number of fused-ring (bicyclic) bond motifs is 3. The molecule has 6 nitrogen and oxygen atoms in total. The summed E-state index contributed by atoms with van der Waals surface area (Å²) in [6.45, 7) is 0.237. The summed E-state index contributed by atoms with van der Waals surface area (Å²) in [7, 11) is 0. The van der Waals surface area contributed by atoms with Crippen molar-refractivity contribution < 1.29 is 14.3 Å². The molecule has 0 aromatic heterocycles. The molecule has 6 heteroatoms. The van der Waals surface area contributed by atoms with E-state index in [4.69, 9.17) is 20.3 Å². The molecule has 2 aromatic rings. The Kier molecular flexibility index (Phi) is 3.00. The minimum absolute atomic E-state index is 0.0748. The number of hydrazone groups is 1. The van der Waals surface area contributed by atoms with Crippen LogP contribution in [0.1, 0.15) is 29.5 Å². The third-order valence-electron chi connectivity index (χ3n) is 4.99. The molecule has 1 amide bonds. The lowest BCUT2D eigenvalue weighted by atomic mass is 9.93. The van der Waals surface area contributed by atoms with Crippen LogP contribution < -0.4 is 15.2 Å². The van der Waals surface area contributed by atoms with Gasteiger partial charge in [-0.2, -0.15) is 5.10 Å². The maximum atomic E-state index is 12.3. The summed E-state index contributed by atoms with van der Waals surface area (Å²) in [5.74, 6) is 1.55. The standard InChI is InChI=1S/C19H17N3O3/c20-13-3-1-11(2-4-13)19-15-9-17-16(24-10-25-17)8-12(15)7-14-5-6-18(23)22(14)21-19/h1-4,8-9,14H,5-7,10,20H2. The third-order valence-corrected chi connectivity index (χ3v) is 4.99. The first-order valence-electron chi connectivity index (χ1n) is 8.38. The van der Waals surface area contributed by atoms with E-state index in [2.05, 4.69) is 0 Å². The lowest BCUT2D eigenvalue weighted by molar-refractivity contribution is -0.128. The monoisotopic (exact) mass is 335 g/mol. The summed E-state index contributed by atoms with van der Waals surface area (Å²) in [6.07, 6.45) is 2.13. The van der Waals surface area contributed by atoms with E-state index in [9.17, 15) is 4.79 Å². The van der Waals surface area contributed by atoms with Crippen molar-refractivity contribution in [2.75, 3.05) is 12.5 Å². The van der Waals surface area contributed by atoms with Gasteiger partial charge in [-0.25, -0.2) is 5.01 Å². The van der Waals surface area contributed by atoms with Crippen molar-refractivity contribution in [3.8, 4) is 11.5 Å². The number of nitrogens with zero attached hydrogens (tertiary/aromatic N) is 2. The smallest absolute Gasteiger partial charge is 0.243 e. The van der Waals surface area contributed by atoms with Crippen molar-refractivity contribution in [1.82, 2.24) is 5.01 Å². The maximum absolute atomic E-state index is 12.3. The van der Waals surface area contributed by atoms with Gasteiger partial charge in [-0.1, -0.05) is 12.1 Å². The quantitative estimate of drug-likeness (QED) is 0.811. The van der Waals surface area contributed by atoms with E-state index in [1.165, 1.54) is 0 Å². The van der Waals surface area contributed by atoms with Crippen LogP contribution in [0.3, 0.4) is 0 Å². The SMILES string of the molecule is Nc1ccc(C2=NN3C(=O)CCC3Cc3cc4c(cc32)OCO4)cc1. The van der Waals surface area contributed by atoms with Gasteiger partial charge in [-0.15, -0.1) is 0 Å². The number of amides is 1. The normalized spacial score (nSPS) is 20.8. The second-order valence-corrected chi connectivity index (χ2v) is 6.57. The van der Waals surface area contributed by atoms with Gasteiger partial charge in [0.1, 0.15) is 0 Å². The van der Waals surface area contributed by atoms with Crippen LogP contribution in [0.25, 0.3) is 0 Å². The van der Waals surface area contributed by atoms with Gasteiger partial charge < -0.3 is 15.2 Å². The summed E-state index contributed by atoms with van der Waals surface area (Å²) in [4.78, 5) is 12.3. The minimum atomic E-state index is 0.0748. The number of rotatable bonds is 1. The summed E-state index contributed by atoms with van der Waals surface area (Å²) in [6, 6.07) is 11.7. The summed E-state index contributed by atoms with van der Waals surface area (Å²) >= 11 is 0. The summed E-state index contributed by atoms with van der Waals surface area (Å²) < 4.78 is 11.1. The topological polar surface area (TPSA) is 77.2 Å². The second kappa shape index (κ2) is 5.24. The molecule has 126 valence electrons. The molecule has 1 unspecified atom stereocenters. The van der Waals surface area contributed by atoms with Gasteiger partial charge in [0.05, 0.1) is 11.8 Å². The van der Waals surface area contributed by atoms with E-state index in [-0.39, 0.29) is 18.7 Å². The molecule has 3 aliphatic heterocycles. The Balaban J connectivity index is 1.72. The lowest BCUT2D eigenvalue weighted by Crippen LogP contribution is -2.29. The van der Waals surface area contributed by atoms with Crippen LogP contribution >= 0.6 is 0 Å². The van der Waals surface area contributed by atoms with Gasteiger partial charge in [0.15, 0.2) is 11.5 Å². The van der Waals surface area contributed by atoms with Crippen LogP contribution in [0, 0.1) is 0 Å². The molecule has 3 heterocycles. The lowest BCUT2D eigenvalue weighted by Gasteiger charge is -2.17. The van der Waals surface area contributed by atoms with Crippen LogP contribution in [-0.4, -0.2) is 29.5 Å². The molecule has 25 heavy (non-hydrogen) atoms. The Morgan fingerprint density at radius 1 is 1.12 bits per heavy atom. The van der Waals surface area contributed by atoms with Crippen molar-refractivity contribution in [3.05, 3.63) is 53.1 Å². The van der Waals surface area contributed by atoms with E-state index in [0.29, 0.717) is 12.1 Å². The van der Waals surface area contributed by atoms with Gasteiger partial charge in [0, 0.05) is 23.2 Å². The van der Waals surface area contributed by atoms with Gasteiger partial charge in [0.2, 0.25) is 12.7 Å². The molecule has 0 aliphatic carbocycles. The number of nitrogens with two attached hydrogens (primary N) is 1. The highest BCUT2D eigenvalue weighted by molar-refractivity contribution is 6.14. The number of anilines is 1. The highest BCUT2D eigenvalue weighted by Crippen LogP contribution is 2.39. The fraction of sp³-hybridized carbons (Fsp3) is 0.263. The van der Waals surface area contributed by atoms with Crippen LogP contribution in [0.2, 0.25) is 0 Å². The molecule has 1 fully saturated rings. The largest absolute Gasteiger partial charge is 0.454 e. The molecule has 5 rings (SSSR count). The first-order valence-corrected chi connectivity index (χ1v) is 8.38. The minimum Gasteiger partial charge on any atom is -0.454 e. The average molecular weight is 335 g/mol. The fourth-order valence-electron chi connectivity index (χ4n) is 3.70. The van der Waals surface area contributed by atoms with E-state index >= 15 is 0 Å². The molecule has 2 N–H and O–H groups in total. The molecule has 0 bridgehead atoms. The summed E-state index contributed by atoms with van der Waals surface area (Å²) in [5.41, 5.74) is 10.3. The number of hydrogen-bond acceptors (Lipinski definition) is 5. The van der Waals surface area contributed by atoms with Crippen molar-refractivity contribution in [1.29, 1.82) is 0 Å². The first kappa shape index (κ1) is 14.3. The Morgan fingerprint density at radius 3 is 2.68 bits per heavy atom. The van der Waals surface area contributed by atoms with Crippen LogP contribution in [-0.2, 0) is 11.2 Å². The number of carbonyl (C=O) groups is 1. The highest BCUT2D eigenvalue weighted by atomic mass is 16.7. The molecule has 0 spiro atoms. The predicted molar refractivity (Wildman–Crippen MR) is 92.6 cm³/mol. The molecule has 3 aliphatic rings. The second-order valence-electron chi connectivity index (χ2n) is 6.57. The molecule has 0 saturated carbocycles. The number of hydrogen-bond donors (Lipinski definition) is 1. The summed E-state index contributed by atoms with van der Waals surface area (Å²) in [5, 5.41) is 6.40. The Bertz CT molecular complexity index is 905. The van der Waals surface area contributed by atoms with E-state index in [1.54, 1.807) is 5.01 Å². The van der Waals surface area contributed by atoms with Gasteiger partial charge in [-0.3, -0.25) is 4.79 Å². The van der Waals surface area contributed by atoms with E-state index in [0.717, 1.165) is 46.7 Å². The van der Waals surface area contributed by atoms with Crippen molar-refractivity contribution in [2.45, 2.75) is 25.3 Å². The van der Waals surface area contributed by atoms with Crippen LogP contribution in [0.4, 0.5) is 5.69 Å². The zero-order valence-corrected chi connectivity index (χ0v) is 13.6. The van der Waals surface area contributed by atoms with E-state index < -0.39 is 0 Å². The Morgan fingerprint density at radius 2 is 1.88 bits per heavy atom. The fourth-order valence-corrected chi connectivity index (χ4v) is 3.70. The molecule has 2 aromatic carbocycles. The molecular weight excluding hydrogens is 318 g/mol. The van der Waals surface area contributed by atoms with Gasteiger partial charge in [0.25, 0.3) is 0 Å². The highest BCUT2D eigenvalue weighted by Gasteiger charge is 2.35. The maximum Gasteiger partial charge on any atom is 0.243 e. The van der Waals surface area contributed by atoms with Crippen LogP contribution in [0.15, 0.2) is 41.5 Å². The zero-order valence-electron chi connectivity index (χ0n) is 13.6. The number of carbonyl (C=O) groups excluding carboxylic acids is 1. The Labute approximate surface area is 144 Å². The Hall–Kier alpha value is -3.02. The van der Waals surface area contributed by atoms with Crippen molar-refractivity contribution >= 4 is 17.3 Å². The van der Waals surface area contributed by atoms with Crippen molar-refractivity contribution in [3.63, 3.8) is 0 Å². The number of benzene rings is 2. The third kappa shape index (κ3) is 2.25. The van der Waals surface area contributed by atoms with Gasteiger partial charge >= 0.3 is 0 Å². The molecule has 1 saturated heterocycles. The predicted octanol–water partition coefficient (Wildman–Crippen LogP) is 2.30. The molecular formula is C19H17N3O3. The number of nitrogen functional groups attached to an aromatic ring is 1. The zero-order chi connectivity index (χ0) is 17.0. The average Bonchev–Trinajstić information content (AvgIpc) is 3.16. The number of ether oxygens (including phenoxy) is 2. The molecule has 0 radical (unpaired) electrons. The van der Waals surface area contributed by atoms with Gasteiger partial charge in [-0.05, 0) is 42.7 Å².